The summed E-state index contributed by atoms with van der Waals surface area (Å²) < 4.78 is 27.3. The van der Waals surface area contributed by atoms with E-state index in [1.807, 2.05) is 6.07 Å². The van der Waals surface area contributed by atoms with Crippen LogP contribution in [-0.2, 0) is 10.0 Å². The average molecular weight is 350 g/mol. The molecule has 0 saturated heterocycles. The molecule has 1 saturated carbocycles. The molecule has 0 spiro atoms. The monoisotopic (exact) mass is 349 g/mol. The van der Waals surface area contributed by atoms with Crippen LogP contribution in [0.25, 0.3) is 0 Å². The molecule has 0 heterocycles. The number of hydrogen-bond donors (Lipinski definition) is 2. The summed E-state index contributed by atoms with van der Waals surface area (Å²) in [6.45, 7) is 0. The molecule has 1 aromatic rings. The lowest BCUT2D eigenvalue weighted by Gasteiger charge is -2.27. The second-order valence-electron chi connectivity index (χ2n) is 5.00. The third-order valence-electron chi connectivity index (χ3n) is 3.39. The Morgan fingerprint density at radius 1 is 1.38 bits per heavy atom. The van der Waals surface area contributed by atoms with Gasteiger partial charge in [-0.1, -0.05) is 18.0 Å². The van der Waals surface area contributed by atoms with Crippen LogP contribution in [0.3, 0.4) is 0 Å². The number of hydrogen-bond acceptors (Lipinski definition) is 4. The van der Waals surface area contributed by atoms with Gasteiger partial charge < -0.3 is 5.73 Å². The van der Waals surface area contributed by atoms with Crippen LogP contribution >= 0.6 is 24.0 Å². The molecule has 21 heavy (non-hydrogen) atoms. The summed E-state index contributed by atoms with van der Waals surface area (Å²) in [6, 6.07) is 5.94. The highest BCUT2D eigenvalue weighted by atomic mass is 35.5. The standard InChI is InChI=1S/C13H16ClN3O2S.ClH/c14-12-6-9(8-15)4-5-13(12)20(18,19)17-11-3-1-2-10(16)7-11;/h4-6,10-11,17H,1-3,7,16H2;1H. The molecule has 2 atom stereocenters. The molecule has 0 bridgehead atoms. The second-order valence-corrected chi connectivity index (χ2v) is 7.09. The number of rotatable bonds is 3. The molecule has 0 aliphatic heterocycles. The second kappa shape index (κ2) is 7.43. The van der Waals surface area contributed by atoms with Gasteiger partial charge in [-0.05, 0) is 37.5 Å². The largest absolute Gasteiger partial charge is 0.328 e. The van der Waals surface area contributed by atoms with E-state index in [1.165, 1.54) is 18.2 Å². The SMILES string of the molecule is Cl.N#Cc1ccc(S(=O)(=O)NC2CCCC(N)C2)c(Cl)c1. The first-order valence-corrected chi connectivity index (χ1v) is 8.26. The zero-order chi connectivity index (χ0) is 14.8. The Bertz CT molecular complexity index is 643. The normalized spacial score (nSPS) is 22.1. The summed E-state index contributed by atoms with van der Waals surface area (Å²) in [4.78, 5) is -0.00249. The lowest BCUT2D eigenvalue weighted by atomic mass is 9.92. The Morgan fingerprint density at radius 2 is 2.10 bits per heavy atom. The smallest absolute Gasteiger partial charge is 0.242 e. The van der Waals surface area contributed by atoms with Crippen molar-refractivity contribution in [3.8, 4) is 6.07 Å². The maximum atomic E-state index is 12.3. The Kier molecular flexibility index (Phi) is 6.44. The number of nitrogens with two attached hydrogens (primary N) is 1. The highest BCUT2D eigenvalue weighted by Gasteiger charge is 2.26. The van der Waals surface area contributed by atoms with Gasteiger partial charge in [-0.25, -0.2) is 13.1 Å². The van der Waals surface area contributed by atoms with Crippen molar-refractivity contribution in [2.24, 2.45) is 5.73 Å². The van der Waals surface area contributed by atoms with Crippen molar-refractivity contribution in [3.05, 3.63) is 28.8 Å². The fourth-order valence-electron chi connectivity index (χ4n) is 2.41. The van der Waals surface area contributed by atoms with Crippen molar-refractivity contribution < 1.29 is 8.42 Å². The summed E-state index contributed by atoms with van der Waals surface area (Å²) in [7, 11) is -3.69. The molecule has 1 aliphatic rings. The molecule has 5 nitrogen and oxygen atoms in total. The van der Waals surface area contributed by atoms with E-state index in [0.717, 1.165) is 19.3 Å². The molecule has 3 N–H and O–H groups in total. The number of halogens is 2. The number of benzene rings is 1. The van der Waals surface area contributed by atoms with Crippen molar-refractivity contribution in [1.29, 1.82) is 5.26 Å². The summed E-state index contributed by atoms with van der Waals surface area (Å²) in [6.07, 6.45) is 3.25. The first-order valence-electron chi connectivity index (χ1n) is 6.40. The first kappa shape index (κ1) is 18.2. The molecule has 0 aromatic heterocycles. The number of nitrogens with zero attached hydrogens (tertiary/aromatic N) is 1. The van der Waals surface area contributed by atoms with Gasteiger partial charge in [0, 0.05) is 12.1 Å². The molecule has 1 aromatic carbocycles. The zero-order valence-electron chi connectivity index (χ0n) is 11.3. The Balaban J connectivity index is 0.00000220. The number of nitriles is 1. The fourth-order valence-corrected chi connectivity index (χ4v) is 4.23. The van der Waals surface area contributed by atoms with E-state index < -0.39 is 10.0 Å². The van der Waals surface area contributed by atoms with Crippen LogP contribution in [-0.4, -0.2) is 20.5 Å². The molecule has 2 unspecified atom stereocenters. The fraction of sp³-hybridized carbons (Fsp3) is 0.462. The van der Waals surface area contributed by atoms with E-state index in [1.54, 1.807) is 0 Å². The lowest BCUT2D eigenvalue weighted by molar-refractivity contribution is 0.371. The molecule has 1 aliphatic carbocycles. The van der Waals surface area contributed by atoms with Crippen LogP contribution < -0.4 is 10.5 Å². The Morgan fingerprint density at radius 3 is 2.67 bits per heavy atom. The zero-order valence-corrected chi connectivity index (χ0v) is 13.6. The van der Waals surface area contributed by atoms with Gasteiger partial charge >= 0.3 is 0 Å². The molecule has 0 radical (unpaired) electrons. The van der Waals surface area contributed by atoms with Gasteiger partial charge in [0.15, 0.2) is 0 Å². The minimum absolute atomic E-state index is 0. The highest BCUT2D eigenvalue weighted by molar-refractivity contribution is 7.89. The Labute approximate surface area is 135 Å². The van der Waals surface area contributed by atoms with E-state index in [-0.39, 0.29) is 34.4 Å². The topological polar surface area (TPSA) is 96.0 Å². The van der Waals surface area contributed by atoms with Crippen LogP contribution in [0.4, 0.5) is 0 Å². The van der Waals surface area contributed by atoms with Crippen molar-refractivity contribution in [1.82, 2.24) is 4.72 Å². The molecular weight excluding hydrogens is 333 g/mol. The van der Waals surface area contributed by atoms with Crippen LogP contribution in [0.1, 0.15) is 31.2 Å². The van der Waals surface area contributed by atoms with Gasteiger partial charge in [-0.3, -0.25) is 0 Å². The van der Waals surface area contributed by atoms with Crippen molar-refractivity contribution >= 4 is 34.0 Å². The van der Waals surface area contributed by atoms with E-state index in [2.05, 4.69) is 4.72 Å². The average Bonchev–Trinajstić information content (AvgIpc) is 2.37. The molecule has 8 heteroatoms. The van der Waals surface area contributed by atoms with Crippen molar-refractivity contribution in [2.45, 2.75) is 42.7 Å². The van der Waals surface area contributed by atoms with Gasteiger partial charge in [0.1, 0.15) is 4.90 Å². The summed E-state index contributed by atoms with van der Waals surface area (Å²) >= 11 is 5.94. The Hall–Kier alpha value is -0.840. The van der Waals surface area contributed by atoms with Crippen LogP contribution in [0, 0.1) is 11.3 Å². The van der Waals surface area contributed by atoms with E-state index in [9.17, 15) is 8.42 Å². The highest BCUT2D eigenvalue weighted by Crippen LogP contribution is 2.24. The van der Waals surface area contributed by atoms with Crippen molar-refractivity contribution in [2.75, 3.05) is 0 Å². The minimum atomic E-state index is -3.69. The summed E-state index contributed by atoms with van der Waals surface area (Å²) in [5.74, 6) is 0. The third-order valence-corrected chi connectivity index (χ3v) is 5.39. The molecule has 0 amide bonds. The number of nitrogens with one attached hydrogen (secondary N) is 1. The molecular formula is C13H17Cl2N3O2S. The first-order chi connectivity index (χ1) is 9.42. The van der Waals surface area contributed by atoms with Crippen LogP contribution in [0.5, 0.6) is 0 Å². The maximum absolute atomic E-state index is 12.3. The van der Waals surface area contributed by atoms with Crippen LogP contribution in [0.15, 0.2) is 23.1 Å². The minimum Gasteiger partial charge on any atom is -0.328 e. The molecule has 116 valence electrons. The predicted molar refractivity (Wildman–Crippen MR) is 84.0 cm³/mol. The third kappa shape index (κ3) is 4.56. The van der Waals surface area contributed by atoms with Gasteiger partial charge in [-0.15, -0.1) is 12.4 Å². The summed E-state index contributed by atoms with van der Waals surface area (Å²) in [5, 5.41) is 8.81. The van der Waals surface area contributed by atoms with Gasteiger partial charge in [0.25, 0.3) is 0 Å². The van der Waals surface area contributed by atoms with Gasteiger partial charge in [0.2, 0.25) is 10.0 Å². The number of sulfonamides is 1. The predicted octanol–water partition coefficient (Wildman–Crippen LogP) is 2.18. The molecule has 2 rings (SSSR count). The van der Waals surface area contributed by atoms with Crippen LogP contribution in [0.2, 0.25) is 5.02 Å². The van der Waals surface area contributed by atoms with Crippen molar-refractivity contribution in [3.63, 3.8) is 0 Å². The quantitative estimate of drug-likeness (QED) is 0.873. The van der Waals surface area contributed by atoms with E-state index in [0.29, 0.717) is 12.0 Å². The molecule has 1 fully saturated rings. The van der Waals surface area contributed by atoms with E-state index in [4.69, 9.17) is 22.6 Å². The van der Waals surface area contributed by atoms with Gasteiger partial charge in [-0.2, -0.15) is 5.26 Å². The van der Waals surface area contributed by atoms with Gasteiger partial charge in [0.05, 0.1) is 16.7 Å². The maximum Gasteiger partial charge on any atom is 0.242 e. The summed E-state index contributed by atoms with van der Waals surface area (Å²) in [5.41, 5.74) is 6.18. The lowest BCUT2D eigenvalue weighted by Crippen LogP contribution is -2.42. The van der Waals surface area contributed by atoms with E-state index >= 15 is 0 Å².